The molecule has 0 aliphatic rings. The van der Waals surface area contributed by atoms with E-state index >= 15 is 0 Å². The summed E-state index contributed by atoms with van der Waals surface area (Å²) in [4.78, 5) is 0. The summed E-state index contributed by atoms with van der Waals surface area (Å²) in [5, 5.41) is 19.4. The maximum absolute atomic E-state index is 10.4. The minimum absolute atomic E-state index is 0.211. The maximum atomic E-state index is 10.4. The molecular formula is C23H44O2. The number of allylic oxidation sites excluding steroid dienone is 2. The van der Waals surface area contributed by atoms with E-state index in [9.17, 15) is 5.11 Å². The summed E-state index contributed by atoms with van der Waals surface area (Å²) in [6.45, 7) is 12.7. The van der Waals surface area contributed by atoms with Crippen molar-refractivity contribution in [3.63, 3.8) is 0 Å². The summed E-state index contributed by atoms with van der Waals surface area (Å²) in [7, 11) is 0. The van der Waals surface area contributed by atoms with Crippen molar-refractivity contribution < 1.29 is 10.2 Å². The summed E-state index contributed by atoms with van der Waals surface area (Å²) in [6, 6.07) is 0. The molecular weight excluding hydrogens is 308 g/mol. The molecule has 0 saturated heterocycles. The third-order valence-corrected chi connectivity index (χ3v) is 5.53. The highest BCUT2D eigenvalue weighted by atomic mass is 16.3. The van der Waals surface area contributed by atoms with Crippen molar-refractivity contribution in [2.45, 2.75) is 111 Å². The van der Waals surface area contributed by atoms with Crippen molar-refractivity contribution in [3.8, 4) is 0 Å². The predicted molar refractivity (Wildman–Crippen MR) is 111 cm³/mol. The van der Waals surface area contributed by atoms with Gasteiger partial charge in [0.1, 0.15) is 0 Å². The fraction of sp³-hybridized carbons (Fsp3) is 0.826. The normalized spacial score (nSPS) is 16.7. The highest BCUT2D eigenvalue weighted by Crippen LogP contribution is 2.36. The van der Waals surface area contributed by atoms with Gasteiger partial charge in [-0.1, -0.05) is 78.5 Å². The minimum atomic E-state index is -0.211. The van der Waals surface area contributed by atoms with E-state index in [1.165, 1.54) is 38.5 Å². The molecule has 0 aromatic carbocycles. The lowest BCUT2D eigenvalue weighted by Crippen LogP contribution is -2.25. The Hall–Kier alpha value is -0.760. The lowest BCUT2D eigenvalue weighted by atomic mass is 9.74. The van der Waals surface area contributed by atoms with E-state index in [-0.39, 0.29) is 11.5 Å². The molecule has 25 heavy (non-hydrogen) atoms. The zero-order valence-corrected chi connectivity index (χ0v) is 17.4. The highest BCUT2D eigenvalue weighted by Gasteiger charge is 2.26. The summed E-state index contributed by atoms with van der Waals surface area (Å²) in [5.41, 5.74) is 0.266. The topological polar surface area (TPSA) is 40.5 Å². The Labute approximate surface area is 157 Å². The Kier molecular flexibility index (Phi) is 14.0. The fourth-order valence-corrected chi connectivity index (χ4v) is 3.50. The molecule has 0 spiro atoms. The number of aliphatic hydroxyl groups is 2. The van der Waals surface area contributed by atoms with Crippen LogP contribution in [-0.2, 0) is 0 Å². The Balaban J connectivity index is 3.80. The molecule has 0 aliphatic carbocycles. The van der Waals surface area contributed by atoms with E-state index in [1.807, 2.05) is 0 Å². The number of aliphatic hydroxyl groups excluding tert-OH is 2. The van der Waals surface area contributed by atoms with E-state index in [1.54, 1.807) is 0 Å². The summed E-state index contributed by atoms with van der Waals surface area (Å²) < 4.78 is 0. The standard InChI is InChI=1S/C23H44O2/c1-6-20(3)18-23(5,7-2)19-22(25)17-15-13-11-9-8-10-12-14-16-21(4)24/h13,15,20,22,24-25H,4,6-12,14,16-19H2,1-3,5H3/b15-13-. The van der Waals surface area contributed by atoms with Crippen LogP contribution in [0, 0.1) is 11.3 Å². The summed E-state index contributed by atoms with van der Waals surface area (Å²) in [6.07, 6.45) is 17.2. The molecule has 148 valence electrons. The number of unbranched alkanes of at least 4 members (excludes halogenated alkanes) is 5. The van der Waals surface area contributed by atoms with Gasteiger partial charge < -0.3 is 10.2 Å². The first kappa shape index (κ1) is 24.2. The summed E-state index contributed by atoms with van der Waals surface area (Å²) in [5.74, 6) is 1.05. The zero-order chi connectivity index (χ0) is 19.1. The van der Waals surface area contributed by atoms with Gasteiger partial charge in [-0.05, 0) is 49.9 Å². The molecule has 0 fully saturated rings. The second-order valence-corrected chi connectivity index (χ2v) is 8.32. The molecule has 2 N–H and O–H groups in total. The van der Waals surface area contributed by atoms with Gasteiger partial charge in [-0.25, -0.2) is 0 Å². The molecule has 0 saturated carbocycles. The van der Waals surface area contributed by atoms with Gasteiger partial charge in [-0.15, -0.1) is 0 Å². The van der Waals surface area contributed by atoms with E-state index in [4.69, 9.17) is 5.11 Å². The second kappa shape index (κ2) is 14.4. The van der Waals surface area contributed by atoms with Crippen molar-refractivity contribution in [1.82, 2.24) is 0 Å². The average molecular weight is 353 g/mol. The van der Waals surface area contributed by atoms with Crippen molar-refractivity contribution in [2.75, 3.05) is 0 Å². The van der Waals surface area contributed by atoms with Gasteiger partial charge in [-0.3, -0.25) is 0 Å². The summed E-state index contributed by atoms with van der Waals surface area (Å²) >= 11 is 0. The van der Waals surface area contributed by atoms with Gasteiger partial charge >= 0.3 is 0 Å². The maximum Gasteiger partial charge on any atom is 0.0851 e. The molecule has 0 amide bonds. The molecule has 3 unspecified atom stereocenters. The zero-order valence-electron chi connectivity index (χ0n) is 17.4. The molecule has 0 rings (SSSR count). The monoisotopic (exact) mass is 352 g/mol. The molecule has 2 heteroatoms. The van der Waals surface area contributed by atoms with Crippen LogP contribution < -0.4 is 0 Å². The smallest absolute Gasteiger partial charge is 0.0851 e. The van der Waals surface area contributed by atoms with E-state index < -0.39 is 0 Å². The van der Waals surface area contributed by atoms with Crippen LogP contribution in [0.2, 0.25) is 0 Å². The molecule has 2 nitrogen and oxygen atoms in total. The molecule has 3 atom stereocenters. The van der Waals surface area contributed by atoms with E-state index in [0.717, 1.165) is 44.4 Å². The van der Waals surface area contributed by atoms with Crippen molar-refractivity contribution in [1.29, 1.82) is 0 Å². The van der Waals surface area contributed by atoms with Crippen LogP contribution in [0.25, 0.3) is 0 Å². The van der Waals surface area contributed by atoms with Gasteiger partial charge in [0, 0.05) is 6.42 Å². The molecule has 0 aliphatic heterocycles. The minimum Gasteiger partial charge on any atom is -0.513 e. The lowest BCUT2D eigenvalue weighted by Gasteiger charge is -2.33. The SMILES string of the molecule is C=C(O)CCCCCCC/C=C\CC(O)CC(C)(CC)CC(C)CC. The van der Waals surface area contributed by atoms with Gasteiger partial charge in [0.2, 0.25) is 0 Å². The molecule has 0 radical (unpaired) electrons. The first-order valence-electron chi connectivity index (χ1n) is 10.5. The van der Waals surface area contributed by atoms with Gasteiger partial charge in [-0.2, -0.15) is 0 Å². The van der Waals surface area contributed by atoms with Crippen LogP contribution in [0.4, 0.5) is 0 Å². The van der Waals surface area contributed by atoms with Crippen molar-refractivity contribution in [3.05, 3.63) is 24.5 Å². The first-order chi connectivity index (χ1) is 11.8. The second-order valence-electron chi connectivity index (χ2n) is 8.32. The molecule has 0 bridgehead atoms. The van der Waals surface area contributed by atoms with Crippen LogP contribution >= 0.6 is 0 Å². The Morgan fingerprint density at radius 1 is 1.04 bits per heavy atom. The predicted octanol–water partition coefficient (Wildman–Crippen LogP) is 7.34. The number of rotatable bonds is 16. The van der Waals surface area contributed by atoms with Crippen LogP contribution in [0.1, 0.15) is 105 Å². The lowest BCUT2D eigenvalue weighted by molar-refractivity contribution is 0.0895. The largest absolute Gasteiger partial charge is 0.513 e. The molecule has 0 heterocycles. The fourth-order valence-electron chi connectivity index (χ4n) is 3.50. The van der Waals surface area contributed by atoms with Gasteiger partial charge in [0.25, 0.3) is 0 Å². The Bertz CT molecular complexity index is 361. The quantitative estimate of drug-likeness (QED) is 0.173. The van der Waals surface area contributed by atoms with Crippen molar-refractivity contribution >= 4 is 0 Å². The Morgan fingerprint density at radius 2 is 1.68 bits per heavy atom. The molecule has 0 aromatic heterocycles. The van der Waals surface area contributed by atoms with E-state index in [0.29, 0.717) is 5.76 Å². The third kappa shape index (κ3) is 14.1. The van der Waals surface area contributed by atoms with Gasteiger partial charge in [0.15, 0.2) is 0 Å². The number of hydrogen-bond acceptors (Lipinski definition) is 2. The van der Waals surface area contributed by atoms with Crippen LogP contribution in [0.5, 0.6) is 0 Å². The van der Waals surface area contributed by atoms with Crippen LogP contribution in [0.15, 0.2) is 24.5 Å². The Morgan fingerprint density at radius 3 is 2.28 bits per heavy atom. The van der Waals surface area contributed by atoms with Crippen molar-refractivity contribution in [2.24, 2.45) is 11.3 Å². The van der Waals surface area contributed by atoms with Gasteiger partial charge in [0.05, 0.1) is 11.9 Å². The van der Waals surface area contributed by atoms with Crippen LogP contribution in [0.3, 0.4) is 0 Å². The van der Waals surface area contributed by atoms with E-state index in [2.05, 4.69) is 46.4 Å². The first-order valence-corrected chi connectivity index (χ1v) is 10.5. The third-order valence-electron chi connectivity index (χ3n) is 5.53. The van der Waals surface area contributed by atoms with Crippen LogP contribution in [-0.4, -0.2) is 16.3 Å². The average Bonchev–Trinajstić information content (AvgIpc) is 2.55. The number of hydrogen-bond donors (Lipinski definition) is 2. The molecule has 0 aromatic rings. The highest BCUT2D eigenvalue weighted by molar-refractivity contribution is 4.87.